The van der Waals surface area contributed by atoms with Crippen molar-refractivity contribution in [3.8, 4) is 0 Å². The highest BCUT2D eigenvalue weighted by Gasteiger charge is 2.18. The van der Waals surface area contributed by atoms with Crippen LogP contribution < -0.4 is 10.3 Å². The fourth-order valence-electron chi connectivity index (χ4n) is 1.38. The predicted octanol–water partition coefficient (Wildman–Crippen LogP) is 4.51. The van der Waals surface area contributed by atoms with E-state index in [0.29, 0.717) is 0 Å². The van der Waals surface area contributed by atoms with Gasteiger partial charge in [0.05, 0.1) is 11.9 Å². The van der Waals surface area contributed by atoms with Gasteiger partial charge in [0.25, 0.3) is 0 Å². The van der Waals surface area contributed by atoms with E-state index in [9.17, 15) is 0 Å². The summed E-state index contributed by atoms with van der Waals surface area (Å²) < 4.78 is 0. The van der Waals surface area contributed by atoms with Gasteiger partial charge in [0.1, 0.15) is 0 Å². The van der Waals surface area contributed by atoms with Crippen molar-refractivity contribution < 1.29 is 0 Å². The Morgan fingerprint density at radius 3 is 2.05 bits per heavy atom. The molecule has 0 spiro atoms. The highest BCUT2D eigenvalue weighted by atomic mass is 15.5. The zero-order valence-electron chi connectivity index (χ0n) is 14.4. The quantitative estimate of drug-likeness (QED) is 0.498. The van der Waals surface area contributed by atoms with Crippen molar-refractivity contribution in [3.63, 3.8) is 0 Å². The number of hydrazone groups is 1. The molecule has 1 aromatic rings. The number of nitrogens with zero attached hydrogens (tertiary/aromatic N) is 2. The lowest BCUT2D eigenvalue weighted by Crippen LogP contribution is -2.40. The van der Waals surface area contributed by atoms with E-state index in [4.69, 9.17) is 5.10 Å². The van der Waals surface area contributed by atoms with E-state index < -0.39 is 0 Å². The molecule has 1 rings (SSSR count). The van der Waals surface area contributed by atoms with E-state index in [1.807, 2.05) is 44.1 Å². The summed E-state index contributed by atoms with van der Waals surface area (Å²) in [4.78, 5) is 0. The Kier molecular flexibility index (Phi) is 8.16. The van der Waals surface area contributed by atoms with Crippen LogP contribution in [0.3, 0.4) is 0 Å². The van der Waals surface area contributed by atoms with Gasteiger partial charge >= 0.3 is 0 Å². The second-order valence-electron chi connectivity index (χ2n) is 5.58. The molecule has 0 aliphatic rings. The van der Waals surface area contributed by atoms with Crippen LogP contribution in [0, 0.1) is 5.41 Å². The van der Waals surface area contributed by atoms with E-state index in [0.717, 1.165) is 11.4 Å². The Balaban J connectivity index is 0.00000172. The van der Waals surface area contributed by atoms with Gasteiger partial charge in [0.15, 0.2) is 0 Å². The fourth-order valence-corrected chi connectivity index (χ4v) is 1.38. The summed E-state index contributed by atoms with van der Waals surface area (Å²) in [7, 11) is 1.95. The molecule has 1 atom stereocenters. The van der Waals surface area contributed by atoms with Gasteiger partial charge in [-0.3, -0.25) is 5.32 Å². The topological polar surface area (TPSA) is 27.6 Å². The van der Waals surface area contributed by atoms with Gasteiger partial charge in [-0.2, -0.15) is 5.10 Å². The summed E-state index contributed by atoms with van der Waals surface area (Å²) in [6, 6.07) is 10.2. The highest BCUT2D eigenvalue weighted by molar-refractivity contribution is 5.87. The third-order valence-corrected chi connectivity index (χ3v) is 3.15. The van der Waals surface area contributed by atoms with E-state index in [2.05, 4.69) is 52.1 Å². The maximum atomic E-state index is 4.78. The maximum Gasteiger partial charge on any atom is 0.0989 e. The largest absolute Gasteiger partial charge is 0.299 e. The molecule has 3 nitrogen and oxygen atoms in total. The minimum absolute atomic E-state index is 0.0838. The average molecular weight is 277 g/mol. The number of nitrogens with one attached hydrogen (secondary N) is 1. The van der Waals surface area contributed by atoms with Gasteiger partial charge in [0, 0.05) is 11.1 Å². The summed E-state index contributed by atoms with van der Waals surface area (Å²) in [6.07, 6.45) is 0.157. The molecule has 20 heavy (non-hydrogen) atoms. The Hall–Kier alpha value is -1.35. The van der Waals surface area contributed by atoms with Crippen molar-refractivity contribution in [1.29, 1.82) is 0 Å². The van der Waals surface area contributed by atoms with E-state index in [-0.39, 0.29) is 11.6 Å². The molecular formula is C17H31N3. The first-order valence-electron chi connectivity index (χ1n) is 7.43. The van der Waals surface area contributed by atoms with Gasteiger partial charge in [-0.25, -0.2) is 5.01 Å². The van der Waals surface area contributed by atoms with Crippen molar-refractivity contribution >= 4 is 11.4 Å². The number of anilines is 1. The van der Waals surface area contributed by atoms with E-state index in [1.165, 1.54) is 0 Å². The van der Waals surface area contributed by atoms with Gasteiger partial charge in [-0.1, -0.05) is 52.8 Å². The lowest BCUT2D eigenvalue weighted by Gasteiger charge is -2.29. The molecule has 0 saturated carbocycles. The molecule has 0 heterocycles. The molecular weight excluding hydrogens is 246 g/mol. The Bertz CT molecular complexity index is 390. The summed E-state index contributed by atoms with van der Waals surface area (Å²) in [5.74, 6) is 0. The first-order valence-corrected chi connectivity index (χ1v) is 7.43. The van der Waals surface area contributed by atoms with Crippen molar-refractivity contribution in [1.82, 2.24) is 5.32 Å². The zero-order valence-corrected chi connectivity index (χ0v) is 14.4. The van der Waals surface area contributed by atoms with Crippen molar-refractivity contribution in [3.05, 3.63) is 30.3 Å². The molecule has 0 bridgehead atoms. The summed E-state index contributed by atoms with van der Waals surface area (Å²) in [6.45, 7) is 14.7. The standard InChI is InChI=1S/C15H25N3.C2H6/c1-12(15(3,4)5)17-18(13(2)16-6)14-10-8-7-9-11-14;1-2/h7-11,13,16H,1-6H3;1-2H3/b17-12+;. The van der Waals surface area contributed by atoms with Crippen LogP contribution in [0.2, 0.25) is 0 Å². The van der Waals surface area contributed by atoms with Crippen molar-refractivity contribution in [2.75, 3.05) is 12.1 Å². The van der Waals surface area contributed by atoms with Crippen LogP contribution in [0.4, 0.5) is 5.69 Å². The van der Waals surface area contributed by atoms with Gasteiger partial charge in [-0.05, 0) is 33.0 Å². The lowest BCUT2D eigenvalue weighted by atomic mass is 9.91. The van der Waals surface area contributed by atoms with Crippen LogP contribution in [0.5, 0.6) is 0 Å². The molecule has 0 radical (unpaired) electrons. The van der Waals surface area contributed by atoms with Crippen LogP contribution in [-0.4, -0.2) is 18.9 Å². The zero-order chi connectivity index (χ0) is 15.8. The number of rotatable bonds is 4. The second-order valence-corrected chi connectivity index (χ2v) is 5.58. The van der Waals surface area contributed by atoms with Crippen molar-refractivity contribution in [2.24, 2.45) is 10.5 Å². The van der Waals surface area contributed by atoms with Gasteiger partial charge in [0.2, 0.25) is 0 Å². The third kappa shape index (κ3) is 5.74. The molecule has 1 aromatic carbocycles. The minimum Gasteiger partial charge on any atom is -0.299 e. The van der Waals surface area contributed by atoms with Crippen LogP contribution >= 0.6 is 0 Å². The summed E-state index contributed by atoms with van der Waals surface area (Å²) in [5.41, 5.74) is 2.30. The molecule has 0 aliphatic carbocycles. The lowest BCUT2D eigenvalue weighted by molar-refractivity contribution is 0.551. The van der Waals surface area contributed by atoms with Gasteiger partial charge in [-0.15, -0.1) is 0 Å². The summed E-state index contributed by atoms with van der Waals surface area (Å²) in [5, 5.41) is 10.0. The maximum absolute atomic E-state index is 4.78. The monoisotopic (exact) mass is 277 g/mol. The molecule has 3 heteroatoms. The number of hydrogen-bond donors (Lipinski definition) is 1. The van der Waals surface area contributed by atoms with Crippen molar-refractivity contribution in [2.45, 2.75) is 54.6 Å². The molecule has 0 amide bonds. The first-order chi connectivity index (χ1) is 9.36. The minimum atomic E-state index is 0.0838. The third-order valence-electron chi connectivity index (χ3n) is 3.15. The van der Waals surface area contributed by atoms with Crippen LogP contribution in [-0.2, 0) is 0 Å². The first kappa shape index (κ1) is 18.7. The normalized spacial score (nSPS) is 13.3. The van der Waals surface area contributed by atoms with E-state index in [1.54, 1.807) is 0 Å². The molecule has 0 fully saturated rings. The Morgan fingerprint density at radius 2 is 1.65 bits per heavy atom. The smallest absolute Gasteiger partial charge is 0.0989 e. The highest BCUT2D eigenvalue weighted by Crippen LogP contribution is 2.21. The average Bonchev–Trinajstić information content (AvgIpc) is 2.45. The fraction of sp³-hybridized carbons (Fsp3) is 0.588. The molecule has 1 unspecified atom stereocenters. The number of hydrogen-bond acceptors (Lipinski definition) is 3. The Labute approximate surface area is 125 Å². The van der Waals surface area contributed by atoms with Crippen LogP contribution in [0.15, 0.2) is 35.4 Å². The molecule has 1 N–H and O–H groups in total. The summed E-state index contributed by atoms with van der Waals surface area (Å²) >= 11 is 0. The molecule has 0 aliphatic heterocycles. The molecule has 0 saturated heterocycles. The van der Waals surface area contributed by atoms with Crippen LogP contribution in [0.1, 0.15) is 48.5 Å². The number of para-hydroxylation sites is 1. The second kappa shape index (κ2) is 8.75. The number of benzene rings is 1. The predicted molar refractivity (Wildman–Crippen MR) is 91.4 cm³/mol. The molecule has 114 valence electrons. The van der Waals surface area contributed by atoms with Gasteiger partial charge < -0.3 is 0 Å². The Morgan fingerprint density at radius 1 is 1.15 bits per heavy atom. The van der Waals surface area contributed by atoms with E-state index >= 15 is 0 Å². The molecule has 0 aromatic heterocycles. The SMILES string of the molecule is CC.CNC(C)N(/N=C(\C)C(C)(C)C)c1ccccc1. The van der Waals surface area contributed by atoms with Crippen LogP contribution in [0.25, 0.3) is 0 Å².